The van der Waals surface area contributed by atoms with Crippen LogP contribution < -0.4 is 9.80 Å². The molecule has 2 heterocycles. The summed E-state index contributed by atoms with van der Waals surface area (Å²) in [6, 6.07) is 116. The van der Waals surface area contributed by atoms with E-state index in [0.717, 1.165) is 45.5 Å². The van der Waals surface area contributed by atoms with Gasteiger partial charge in [0.1, 0.15) is 0 Å². The van der Waals surface area contributed by atoms with Crippen LogP contribution in [-0.2, 0) is 5.41 Å². The zero-order valence-corrected chi connectivity index (χ0v) is 44.3. The lowest BCUT2D eigenvalue weighted by Gasteiger charge is -2.36. The summed E-state index contributed by atoms with van der Waals surface area (Å²) in [6.07, 6.45) is 0. The fraction of sp³-hybridized carbons (Fsp3) is 0.0130. The van der Waals surface area contributed by atoms with Crippen LogP contribution in [0.5, 0.6) is 0 Å². The highest BCUT2D eigenvalue weighted by molar-refractivity contribution is 6.10. The molecule has 1 aliphatic rings. The van der Waals surface area contributed by atoms with Crippen molar-refractivity contribution in [3.63, 3.8) is 0 Å². The lowest BCUT2D eigenvalue weighted by atomic mass is 9.66. The number of hydrogen-bond acceptors (Lipinski definition) is 2. The first-order valence-corrected chi connectivity index (χ1v) is 27.9. The van der Waals surface area contributed by atoms with Crippen molar-refractivity contribution >= 4 is 88.5 Å². The smallest absolute Gasteiger partial charge is 0.0721 e. The minimum absolute atomic E-state index is 0.746. The average Bonchev–Trinajstić information content (AvgIpc) is 3.54. The van der Waals surface area contributed by atoms with Crippen LogP contribution in [0.3, 0.4) is 0 Å². The topological polar surface area (TPSA) is 16.3 Å². The Morgan fingerprint density at radius 2 is 0.568 bits per heavy atom. The standard InChI is InChI=1S/C77H52N4/c1-4-23-54(24-5-1)77(70-34-20-22-53-21-10-11-29-63(53)70)71-51-61(78(55-25-6-2-7-26-55)57-39-43-59(44-40-57)80-73-35-16-12-30-66(73)67-31-13-17-36-74(67)80)47-49-64(71)65-50-48-62(52-72(65)77)79(56-27-8-3-9-28-56)58-41-45-60(46-42-58)81-75-37-18-14-32-68(75)69-33-15-19-38-76(69)81/h1-52H. The van der Waals surface area contributed by atoms with Crippen molar-refractivity contribution in [3.8, 4) is 22.5 Å². The number of anilines is 6. The SMILES string of the molecule is c1ccc(N(c2ccc(-n3c4ccccc4c4ccccc43)cc2)c2ccc3c(c2)C(c2ccccc2)(c2cccc4ccccc24)c2cc(N(c4ccccc4)c4ccc(-n5c6ccccc6c6ccccc65)cc4)ccc2-3)cc1. The van der Waals surface area contributed by atoms with Crippen LogP contribution in [0.4, 0.5) is 34.1 Å². The van der Waals surface area contributed by atoms with E-state index >= 15 is 0 Å². The third-order valence-corrected chi connectivity index (χ3v) is 16.9. The molecule has 0 saturated carbocycles. The fourth-order valence-electron chi connectivity index (χ4n) is 13.5. The quantitative estimate of drug-likeness (QED) is 0.136. The molecule has 15 aromatic rings. The van der Waals surface area contributed by atoms with Gasteiger partial charge in [-0.3, -0.25) is 0 Å². The van der Waals surface area contributed by atoms with Crippen LogP contribution in [0.25, 0.3) is 76.9 Å². The molecule has 0 aliphatic heterocycles. The molecule has 4 nitrogen and oxygen atoms in total. The maximum atomic E-state index is 2.49. The highest BCUT2D eigenvalue weighted by atomic mass is 15.2. The monoisotopic (exact) mass is 1030 g/mol. The van der Waals surface area contributed by atoms with Gasteiger partial charge in [-0.1, -0.05) is 194 Å². The third kappa shape index (κ3) is 7.24. The van der Waals surface area contributed by atoms with Crippen LogP contribution in [0.2, 0.25) is 0 Å². The Morgan fingerprint density at radius 1 is 0.235 bits per heavy atom. The molecule has 0 amide bonds. The third-order valence-electron chi connectivity index (χ3n) is 16.9. The largest absolute Gasteiger partial charge is 0.310 e. The van der Waals surface area contributed by atoms with E-state index in [1.165, 1.54) is 87.8 Å². The van der Waals surface area contributed by atoms with Crippen molar-refractivity contribution in [2.75, 3.05) is 9.80 Å². The molecule has 81 heavy (non-hydrogen) atoms. The van der Waals surface area contributed by atoms with Crippen molar-refractivity contribution in [2.45, 2.75) is 5.41 Å². The lowest BCUT2D eigenvalue weighted by Crippen LogP contribution is -2.29. The van der Waals surface area contributed by atoms with Gasteiger partial charge in [-0.05, 0) is 165 Å². The molecule has 0 bridgehead atoms. The molecule has 0 atom stereocenters. The van der Waals surface area contributed by atoms with Crippen LogP contribution >= 0.6 is 0 Å². The van der Waals surface area contributed by atoms with E-state index in [2.05, 4.69) is 334 Å². The highest BCUT2D eigenvalue weighted by Crippen LogP contribution is 2.59. The lowest BCUT2D eigenvalue weighted by molar-refractivity contribution is 0.776. The predicted octanol–water partition coefficient (Wildman–Crippen LogP) is 20.3. The van der Waals surface area contributed by atoms with Gasteiger partial charge in [-0.25, -0.2) is 0 Å². The molecule has 0 radical (unpaired) electrons. The number of rotatable bonds is 10. The fourth-order valence-corrected chi connectivity index (χ4v) is 13.5. The van der Waals surface area contributed by atoms with E-state index in [1.54, 1.807) is 0 Å². The van der Waals surface area contributed by atoms with Gasteiger partial charge in [0.2, 0.25) is 0 Å². The maximum Gasteiger partial charge on any atom is 0.0721 e. The Labute approximate surface area is 470 Å². The van der Waals surface area contributed by atoms with Crippen molar-refractivity contribution in [2.24, 2.45) is 0 Å². The minimum Gasteiger partial charge on any atom is -0.310 e. The molecular weight excluding hydrogens is 981 g/mol. The molecule has 0 N–H and O–H groups in total. The van der Waals surface area contributed by atoms with Crippen molar-refractivity contribution < 1.29 is 0 Å². The van der Waals surface area contributed by atoms with Gasteiger partial charge in [-0.2, -0.15) is 0 Å². The number of nitrogens with zero attached hydrogens (tertiary/aromatic N) is 4. The molecule has 4 heteroatoms. The number of benzene rings is 13. The van der Waals surface area contributed by atoms with E-state index in [9.17, 15) is 0 Å². The van der Waals surface area contributed by atoms with Gasteiger partial charge in [-0.15, -0.1) is 0 Å². The predicted molar refractivity (Wildman–Crippen MR) is 339 cm³/mol. The second-order valence-corrected chi connectivity index (χ2v) is 21.2. The van der Waals surface area contributed by atoms with Gasteiger partial charge < -0.3 is 18.9 Å². The van der Waals surface area contributed by atoms with Gasteiger partial charge >= 0.3 is 0 Å². The first-order chi connectivity index (χ1) is 40.2. The maximum absolute atomic E-state index is 2.49. The Hall–Kier alpha value is -10.7. The van der Waals surface area contributed by atoms with E-state index in [1.807, 2.05) is 0 Å². The average molecular weight is 1030 g/mol. The van der Waals surface area contributed by atoms with E-state index in [-0.39, 0.29) is 0 Å². The first-order valence-electron chi connectivity index (χ1n) is 27.9. The summed E-state index contributed by atoms with van der Waals surface area (Å²) in [5, 5.41) is 7.43. The first kappa shape index (κ1) is 46.4. The summed E-state index contributed by atoms with van der Waals surface area (Å²) in [6.45, 7) is 0. The number of para-hydroxylation sites is 6. The number of fused-ring (bicyclic) bond motifs is 10. The summed E-state index contributed by atoms with van der Waals surface area (Å²) in [4.78, 5) is 4.84. The van der Waals surface area contributed by atoms with E-state index < -0.39 is 5.41 Å². The highest BCUT2D eigenvalue weighted by Gasteiger charge is 2.48. The molecule has 0 unspecified atom stereocenters. The van der Waals surface area contributed by atoms with Gasteiger partial charge in [0.25, 0.3) is 0 Å². The summed E-state index contributed by atoms with van der Waals surface area (Å²) < 4.78 is 4.78. The Kier molecular flexibility index (Phi) is 10.8. The summed E-state index contributed by atoms with van der Waals surface area (Å²) in [7, 11) is 0. The van der Waals surface area contributed by atoms with Crippen molar-refractivity contribution in [1.82, 2.24) is 9.13 Å². The van der Waals surface area contributed by atoms with E-state index in [0.29, 0.717) is 0 Å². The Morgan fingerprint density at radius 3 is 1.00 bits per heavy atom. The molecule has 16 rings (SSSR count). The molecule has 380 valence electrons. The zero-order valence-electron chi connectivity index (χ0n) is 44.3. The molecule has 0 saturated heterocycles. The summed E-state index contributed by atoms with van der Waals surface area (Å²) in [5.74, 6) is 0. The molecule has 1 aliphatic carbocycles. The summed E-state index contributed by atoms with van der Waals surface area (Å²) >= 11 is 0. The second-order valence-electron chi connectivity index (χ2n) is 21.2. The van der Waals surface area contributed by atoms with Crippen LogP contribution in [-0.4, -0.2) is 9.13 Å². The van der Waals surface area contributed by atoms with Gasteiger partial charge in [0.05, 0.1) is 27.5 Å². The Balaban J connectivity index is 0.894. The van der Waals surface area contributed by atoms with Crippen LogP contribution in [0, 0.1) is 0 Å². The molecule has 13 aromatic carbocycles. The molecule has 2 aromatic heterocycles. The van der Waals surface area contributed by atoms with Gasteiger partial charge in [0, 0.05) is 67.0 Å². The minimum atomic E-state index is -0.746. The normalized spacial score (nSPS) is 12.5. The van der Waals surface area contributed by atoms with Crippen molar-refractivity contribution in [1.29, 1.82) is 0 Å². The second kappa shape index (κ2) is 18.8. The molecule has 0 fully saturated rings. The number of hydrogen-bond donors (Lipinski definition) is 0. The molecular formula is C77H52N4. The van der Waals surface area contributed by atoms with Crippen molar-refractivity contribution in [3.05, 3.63) is 338 Å². The van der Waals surface area contributed by atoms with Crippen LogP contribution in [0.15, 0.2) is 315 Å². The van der Waals surface area contributed by atoms with E-state index in [4.69, 9.17) is 0 Å². The number of aromatic nitrogens is 2. The zero-order chi connectivity index (χ0) is 53.4. The molecule has 0 spiro atoms. The van der Waals surface area contributed by atoms with Gasteiger partial charge in [0.15, 0.2) is 0 Å². The van der Waals surface area contributed by atoms with Crippen LogP contribution in [0.1, 0.15) is 22.3 Å². The Bertz CT molecular complexity index is 4500. The summed E-state index contributed by atoms with van der Waals surface area (Å²) in [5.41, 5.74) is 20.1.